The predicted molar refractivity (Wildman–Crippen MR) is 47.6 cm³/mol. The second-order valence-corrected chi connectivity index (χ2v) is 4.65. The molecule has 0 aliphatic heterocycles. The number of imidazole rings is 1. The quantitative estimate of drug-likeness (QED) is 0.500. The lowest BCUT2D eigenvalue weighted by Crippen LogP contribution is -2.46. The van der Waals surface area contributed by atoms with Crippen LogP contribution in [0.15, 0.2) is 18.7 Å². The van der Waals surface area contributed by atoms with Crippen LogP contribution in [0.25, 0.3) is 0 Å². The van der Waals surface area contributed by atoms with Crippen LogP contribution in [0, 0.1) is 0 Å². The summed E-state index contributed by atoms with van der Waals surface area (Å²) >= 11 is 0. The van der Waals surface area contributed by atoms with Gasteiger partial charge in [0.1, 0.15) is 12.4 Å². The van der Waals surface area contributed by atoms with Crippen LogP contribution in [-0.4, -0.2) is 35.6 Å². The molecule has 1 N–H and O–H groups in total. The number of nitrogens with one attached hydrogen (secondary N) is 1. The summed E-state index contributed by atoms with van der Waals surface area (Å²) in [6.45, 7) is 0. The molecule has 112 valence electrons. The highest BCUT2D eigenvalue weighted by molar-refractivity contribution is 7.86. The van der Waals surface area contributed by atoms with E-state index in [0.29, 0.717) is 0 Å². The first-order chi connectivity index (χ1) is 8.30. The second kappa shape index (κ2) is 5.77. The van der Waals surface area contributed by atoms with E-state index in [4.69, 9.17) is 0 Å². The van der Waals surface area contributed by atoms with E-state index in [1.165, 1.54) is 0 Å². The van der Waals surface area contributed by atoms with Gasteiger partial charge in [0.25, 0.3) is 6.17 Å². The maximum Gasteiger partial charge on any atom is 0.426 e. The smallest absolute Gasteiger partial charge is 0.426 e. The fourth-order valence-corrected chi connectivity index (χ4v) is 1.07. The zero-order valence-electron chi connectivity index (χ0n) is 9.16. The van der Waals surface area contributed by atoms with Gasteiger partial charge in [-0.2, -0.15) is 22.0 Å². The van der Waals surface area contributed by atoms with Crippen molar-refractivity contribution in [3.05, 3.63) is 18.7 Å². The van der Waals surface area contributed by atoms with Crippen molar-refractivity contribution in [1.29, 1.82) is 0 Å². The van der Waals surface area contributed by atoms with Crippen LogP contribution >= 0.6 is 0 Å². The average molecular weight is 314 g/mol. The first kappa shape index (κ1) is 17.7. The van der Waals surface area contributed by atoms with Gasteiger partial charge in [0.05, 0.1) is 7.05 Å². The number of alkyl halides is 6. The number of nitrogens with zero attached hydrogens (tertiary/aromatic N) is 1. The summed E-state index contributed by atoms with van der Waals surface area (Å²) in [5.41, 5.74) is 0. The lowest BCUT2D eigenvalue weighted by molar-refractivity contribution is -0.670. The molecule has 0 bridgehead atoms. The fourth-order valence-electron chi connectivity index (χ4n) is 0.681. The Balaban J connectivity index is 0.000000443. The van der Waals surface area contributed by atoms with Gasteiger partial charge in [0, 0.05) is 0 Å². The Morgan fingerprint density at radius 1 is 1.26 bits per heavy atom. The van der Waals surface area contributed by atoms with Crippen molar-refractivity contribution in [2.45, 2.75) is 17.6 Å². The van der Waals surface area contributed by atoms with E-state index in [1.54, 1.807) is 0 Å². The fraction of sp³-hybridized carbons (Fsp3) is 0.571. The molecule has 0 saturated heterocycles. The minimum absolute atomic E-state index is 1.88. The largest absolute Gasteiger partial charge is 0.743 e. The van der Waals surface area contributed by atoms with E-state index in [1.807, 2.05) is 30.3 Å². The molecule has 19 heavy (non-hydrogen) atoms. The maximum absolute atomic E-state index is 11.8. The Morgan fingerprint density at radius 2 is 1.74 bits per heavy atom. The minimum Gasteiger partial charge on any atom is -0.743 e. The molecule has 0 aliphatic rings. The molecule has 1 heterocycles. The van der Waals surface area contributed by atoms with Crippen LogP contribution in [0.3, 0.4) is 0 Å². The Kier molecular flexibility index (Phi) is 5.38. The van der Waals surface area contributed by atoms with Crippen molar-refractivity contribution in [3.8, 4) is 0 Å². The van der Waals surface area contributed by atoms with Crippen LogP contribution in [0.5, 0.6) is 0 Å². The molecule has 0 fully saturated rings. The van der Waals surface area contributed by atoms with E-state index < -0.39 is 27.7 Å². The number of aromatic nitrogens is 2. The topological polar surface area (TPSA) is 76.9 Å². The van der Waals surface area contributed by atoms with Crippen molar-refractivity contribution in [2.75, 3.05) is 0 Å². The maximum atomic E-state index is 11.8. The second-order valence-electron chi connectivity index (χ2n) is 3.20. The van der Waals surface area contributed by atoms with Gasteiger partial charge in [0.2, 0.25) is 6.33 Å². The minimum atomic E-state index is -6.66. The van der Waals surface area contributed by atoms with Gasteiger partial charge >= 0.3 is 11.4 Å². The van der Waals surface area contributed by atoms with Crippen LogP contribution in [-0.2, 0) is 17.2 Å². The average Bonchev–Trinajstić information content (AvgIpc) is 2.65. The van der Waals surface area contributed by atoms with Gasteiger partial charge in [-0.1, -0.05) is 0 Å². The molecule has 0 amide bonds. The highest BCUT2D eigenvalue weighted by atomic mass is 32.2. The zero-order chi connectivity index (χ0) is 15.5. The molecule has 1 aromatic heterocycles. The number of aromatic amines is 1. The van der Waals surface area contributed by atoms with Crippen molar-refractivity contribution < 1.29 is 43.9 Å². The molecule has 0 aliphatic carbocycles. The number of hydrogen-bond acceptors (Lipinski definition) is 3. The van der Waals surface area contributed by atoms with E-state index >= 15 is 0 Å². The lowest BCUT2D eigenvalue weighted by atomic mass is 10.4. The van der Waals surface area contributed by atoms with Crippen molar-refractivity contribution in [3.63, 3.8) is 0 Å². The standard InChI is InChI=1S/C4H6N2.C3H2F6O3S/c1-6-3-2-5-4-6;4-1(2(5,6)7)3(8,9)13(10,11)12/h2-4H,1H3;1H,(H,10,11,12). The first-order valence-electron chi connectivity index (χ1n) is 4.32. The Hall–Kier alpha value is -1.30. The monoisotopic (exact) mass is 314 g/mol. The van der Waals surface area contributed by atoms with Crippen LogP contribution in [0.2, 0.25) is 0 Å². The Bertz CT molecular complexity index is 483. The van der Waals surface area contributed by atoms with E-state index in [-0.39, 0.29) is 0 Å². The summed E-state index contributed by atoms with van der Waals surface area (Å²) < 4.78 is 99.5. The Morgan fingerprint density at radius 3 is 1.84 bits per heavy atom. The summed E-state index contributed by atoms with van der Waals surface area (Å²) in [4.78, 5) is 2.89. The van der Waals surface area contributed by atoms with Crippen molar-refractivity contribution >= 4 is 10.1 Å². The van der Waals surface area contributed by atoms with Crippen molar-refractivity contribution in [1.82, 2.24) is 4.98 Å². The van der Waals surface area contributed by atoms with Crippen molar-refractivity contribution in [2.24, 2.45) is 7.05 Å². The van der Waals surface area contributed by atoms with Crippen LogP contribution in [0.4, 0.5) is 26.3 Å². The van der Waals surface area contributed by atoms with Crippen LogP contribution in [0.1, 0.15) is 0 Å². The molecule has 1 atom stereocenters. The zero-order valence-corrected chi connectivity index (χ0v) is 9.97. The third kappa shape index (κ3) is 5.06. The van der Waals surface area contributed by atoms with Gasteiger partial charge in [-0.3, -0.25) is 4.98 Å². The van der Waals surface area contributed by atoms with E-state index in [9.17, 15) is 39.3 Å². The third-order valence-electron chi connectivity index (χ3n) is 1.60. The van der Waals surface area contributed by atoms with Gasteiger partial charge in [0.15, 0.2) is 10.1 Å². The van der Waals surface area contributed by atoms with E-state index in [2.05, 4.69) is 4.98 Å². The highest BCUT2D eigenvalue weighted by Crippen LogP contribution is 2.37. The summed E-state index contributed by atoms with van der Waals surface area (Å²) in [5.74, 6) is 0. The molecule has 0 saturated carbocycles. The lowest BCUT2D eigenvalue weighted by Gasteiger charge is -2.24. The summed E-state index contributed by atoms with van der Waals surface area (Å²) in [7, 11) is -4.69. The molecule has 0 spiro atoms. The number of aryl methyl sites for hydroxylation is 1. The molecule has 0 radical (unpaired) electrons. The summed E-state index contributed by atoms with van der Waals surface area (Å²) in [6, 6.07) is 0. The molecule has 1 unspecified atom stereocenters. The summed E-state index contributed by atoms with van der Waals surface area (Å²) in [5, 5.41) is -5.99. The number of hydrogen-bond donors (Lipinski definition) is 1. The van der Waals surface area contributed by atoms with Gasteiger partial charge < -0.3 is 4.55 Å². The summed E-state index contributed by atoms with van der Waals surface area (Å²) in [6.07, 6.45) is -5.41. The Labute approximate surface area is 103 Å². The van der Waals surface area contributed by atoms with Gasteiger partial charge in [-0.25, -0.2) is 17.4 Å². The molecule has 1 aromatic rings. The molecular weight excluding hydrogens is 306 g/mol. The number of halogens is 6. The molecule has 12 heteroatoms. The van der Waals surface area contributed by atoms with Gasteiger partial charge in [-0.05, 0) is 0 Å². The third-order valence-corrected chi connectivity index (χ3v) is 2.47. The van der Waals surface area contributed by atoms with E-state index in [0.717, 1.165) is 0 Å². The predicted octanol–water partition coefficient (Wildman–Crippen LogP) is 0.864. The molecule has 1 rings (SSSR count). The number of H-pyrrole nitrogens is 1. The normalized spacial score (nSPS) is 14.5. The molecular formula is C7H8F6N2O3S. The molecule has 5 nitrogen and oxygen atoms in total. The number of rotatable bonds is 2. The van der Waals surface area contributed by atoms with Gasteiger partial charge in [-0.15, -0.1) is 0 Å². The first-order valence-corrected chi connectivity index (χ1v) is 5.73. The molecule has 0 aromatic carbocycles. The van der Waals surface area contributed by atoms with Crippen LogP contribution < -0.4 is 4.57 Å². The highest BCUT2D eigenvalue weighted by Gasteiger charge is 2.61. The SMILES string of the molecule is C[n+]1cc[nH]c1.O=S(=O)([O-])C(F)(F)C(F)C(F)(F)F.